The molecule has 0 amide bonds. The zero-order chi connectivity index (χ0) is 14.0. The first-order valence-corrected chi connectivity index (χ1v) is 6.08. The van der Waals surface area contributed by atoms with Crippen molar-refractivity contribution < 1.29 is 13.9 Å². The summed E-state index contributed by atoms with van der Waals surface area (Å²) >= 11 is 0. The first-order chi connectivity index (χ1) is 9.08. The number of ether oxygens (including phenoxy) is 2. The molecule has 0 fully saturated rings. The largest absolute Gasteiger partial charge is 0.494 e. The average Bonchev–Trinajstić information content (AvgIpc) is 2.69. The number of hydrogen-bond acceptors (Lipinski definition) is 4. The van der Waals surface area contributed by atoms with Crippen molar-refractivity contribution in [3.8, 4) is 5.75 Å². The molecule has 1 aromatic heterocycles. The monoisotopic (exact) mass is 267 g/mol. The van der Waals surface area contributed by atoms with Crippen molar-refractivity contribution in [1.29, 1.82) is 0 Å². The van der Waals surface area contributed by atoms with Gasteiger partial charge in [-0.05, 0) is 13.3 Å². The summed E-state index contributed by atoms with van der Waals surface area (Å²) < 4.78 is 25.6. The normalized spacial score (nSPS) is 12.8. The van der Waals surface area contributed by atoms with Crippen LogP contribution in [0.1, 0.15) is 19.4 Å². The Bertz CT molecular complexity index is 583. The van der Waals surface area contributed by atoms with Crippen LogP contribution in [-0.4, -0.2) is 30.4 Å². The fraction of sp³-hybridized carbons (Fsp3) is 0.462. The molecule has 1 aromatic carbocycles. The average molecular weight is 267 g/mol. The molecule has 2 N–H and O–H groups in total. The maximum absolute atomic E-state index is 13.6. The van der Waals surface area contributed by atoms with Gasteiger partial charge in [0.15, 0.2) is 11.6 Å². The van der Waals surface area contributed by atoms with Crippen LogP contribution in [0, 0.1) is 5.82 Å². The van der Waals surface area contributed by atoms with Crippen molar-refractivity contribution in [2.45, 2.75) is 19.4 Å². The third-order valence-electron chi connectivity index (χ3n) is 3.17. The summed E-state index contributed by atoms with van der Waals surface area (Å²) in [5.74, 6) is 0.114. The van der Waals surface area contributed by atoms with Gasteiger partial charge in [-0.1, -0.05) is 0 Å². The minimum absolute atomic E-state index is 0.111. The first kappa shape index (κ1) is 13.6. The van der Waals surface area contributed by atoms with E-state index in [0.29, 0.717) is 18.1 Å². The van der Waals surface area contributed by atoms with E-state index in [1.54, 1.807) is 13.2 Å². The van der Waals surface area contributed by atoms with Crippen LogP contribution < -0.4 is 10.5 Å². The number of rotatable bonds is 5. The molecular formula is C13H18FN3O2. The van der Waals surface area contributed by atoms with E-state index >= 15 is 0 Å². The summed E-state index contributed by atoms with van der Waals surface area (Å²) in [7, 11) is 3.09. The lowest BCUT2D eigenvalue weighted by Crippen LogP contribution is -2.11. The van der Waals surface area contributed by atoms with Crippen molar-refractivity contribution in [1.82, 2.24) is 9.55 Å². The third-order valence-corrected chi connectivity index (χ3v) is 3.17. The second-order valence-electron chi connectivity index (χ2n) is 4.45. The Morgan fingerprint density at radius 3 is 2.79 bits per heavy atom. The highest BCUT2D eigenvalue weighted by molar-refractivity contribution is 5.80. The summed E-state index contributed by atoms with van der Waals surface area (Å²) in [5.41, 5.74) is 7.21. The van der Waals surface area contributed by atoms with Gasteiger partial charge in [-0.15, -0.1) is 0 Å². The van der Waals surface area contributed by atoms with Gasteiger partial charge in [-0.25, -0.2) is 9.37 Å². The van der Waals surface area contributed by atoms with E-state index in [9.17, 15) is 4.39 Å². The number of methoxy groups -OCH3 is 2. The summed E-state index contributed by atoms with van der Waals surface area (Å²) in [6.07, 6.45) is 0.797. The minimum atomic E-state index is -0.441. The third kappa shape index (κ3) is 2.49. The first-order valence-electron chi connectivity index (χ1n) is 6.08. The number of anilines is 1. The molecule has 19 heavy (non-hydrogen) atoms. The summed E-state index contributed by atoms with van der Waals surface area (Å²) in [4.78, 5) is 4.18. The molecule has 6 heteroatoms. The highest BCUT2D eigenvalue weighted by Crippen LogP contribution is 2.29. The molecule has 5 nitrogen and oxygen atoms in total. The van der Waals surface area contributed by atoms with Crippen molar-refractivity contribution in [3.63, 3.8) is 0 Å². The Kier molecular flexibility index (Phi) is 3.90. The number of nitrogens with two attached hydrogens (primary N) is 1. The molecule has 1 unspecified atom stereocenters. The fourth-order valence-corrected chi connectivity index (χ4v) is 2.15. The summed E-state index contributed by atoms with van der Waals surface area (Å²) in [6.45, 7) is 2.64. The quantitative estimate of drug-likeness (QED) is 0.903. The summed E-state index contributed by atoms with van der Waals surface area (Å²) in [5, 5.41) is 0. The Hall–Kier alpha value is -1.82. The van der Waals surface area contributed by atoms with Gasteiger partial charge in [-0.3, -0.25) is 0 Å². The molecular weight excluding hydrogens is 249 g/mol. The van der Waals surface area contributed by atoms with E-state index in [1.807, 2.05) is 11.5 Å². The molecule has 0 aliphatic heterocycles. The number of fused-ring (bicyclic) bond motifs is 1. The van der Waals surface area contributed by atoms with Gasteiger partial charge in [0.2, 0.25) is 5.95 Å². The molecule has 0 radical (unpaired) electrons. The molecule has 0 saturated heterocycles. The Labute approximate surface area is 111 Å². The number of nitrogen functional groups attached to an aromatic ring is 1. The number of hydrogen-bond donors (Lipinski definition) is 1. The van der Waals surface area contributed by atoms with Crippen LogP contribution in [-0.2, 0) is 4.74 Å². The van der Waals surface area contributed by atoms with Crippen LogP contribution in [0.4, 0.5) is 10.3 Å². The SMILES string of the molecule is COCCC(C)n1c(N)nc2cc(F)c(OC)cc21. The van der Waals surface area contributed by atoms with E-state index in [1.165, 1.54) is 13.2 Å². The van der Waals surface area contributed by atoms with Crippen LogP contribution in [0.5, 0.6) is 5.75 Å². The molecule has 1 atom stereocenters. The lowest BCUT2D eigenvalue weighted by Gasteiger charge is -2.15. The number of nitrogens with zero attached hydrogens (tertiary/aromatic N) is 2. The molecule has 0 aliphatic rings. The molecule has 0 aliphatic carbocycles. The Balaban J connectivity index is 2.50. The van der Waals surface area contributed by atoms with Gasteiger partial charge in [0, 0.05) is 31.9 Å². The molecule has 1 heterocycles. The molecule has 104 valence electrons. The molecule has 0 bridgehead atoms. The standard InChI is InChI=1S/C13H18FN3O2/c1-8(4-5-18-2)17-11-7-12(19-3)9(14)6-10(11)16-13(17)15/h6-8H,4-5H2,1-3H3,(H2,15,16). The zero-order valence-electron chi connectivity index (χ0n) is 11.3. The van der Waals surface area contributed by atoms with E-state index in [4.69, 9.17) is 15.2 Å². The molecule has 0 spiro atoms. The van der Waals surface area contributed by atoms with Crippen LogP contribution in [0.25, 0.3) is 11.0 Å². The second kappa shape index (κ2) is 5.44. The highest BCUT2D eigenvalue weighted by Gasteiger charge is 2.16. The lowest BCUT2D eigenvalue weighted by molar-refractivity contribution is 0.182. The van der Waals surface area contributed by atoms with Crippen LogP contribution in [0.15, 0.2) is 12.1 Å². The molecule has 2 aromatic rings. The van der Waals surface area contributed by atoms with Crippen LogP contribution in [0.2, 0.25) is 0 Å². The van der Waals surface area contributed by atoms with Crippen molar-refractivity contribution in [2.24, 2.45) is 0 Å². The number of benzene rings is 1. The summed E-state index contributed by atoms with van der Waals surface area (Å²) in [6, 6.07) is 3.07. The predicted octanol–water partition coefficient (Wildman–Crippen LogP) is 2.36. The number of aromatic nitrogens is 2. The van der Waals surface area contributed by atoms with Gasteiger partial charge in [0.25, 0.3) is 0 Å². The maximum atomic E-state index is 13.6. The Morgan fingerprint density at radius 1 is 1.42 bits per heavy atom. The van der Waals surface area contributed by atoms with Gasteiger partial charge in [0.1, 0.15) is 0 Å². The fourth-order valence-electron chi connectivity index (χ4n) is 2.15. The topological polar surface area (TPSA) is 62.3 Å². The lowest BCUT2D eigenvalue weighted by atomic mass is 10.2. The van der Waals surface area contributed by atoms with Crippen LogP contribution in [0.3, 0.4) is 0 Å². The van der Waals surface area contributed by atoms with Crippen molar-refractivity contribution >= 4 is 17.0 Å². The van der Waals surface area contributed by atoms with Gasteiger partial charge in [-0.2, -0.15) is 0 Å². The predicted molar refractivity (Wildman–Crippen MR) is 71.9 cm³/mol. The highest BCUT2D eigenvalue weighted by atomic mass is 19.1. The van der Waals surface area contributed by atoms with E-state index in [2.05, 4.69) is 4.98 Å². The van der Waals surface area contributed by atoms with E-state index in [0.717, 1.165) is 11.9 Å². The van der Waals surface area contributed by atoms with Gasteiger partial charge >= 0.3 is 0 Å². The molecule has 0 saturated carbocycles. The number of imidazole rings is 1. The van der Waals surface area contributed by atoms with E-state index in [-0.39, 0.29) is 11.8 Å². The van der Waals surface area contributed by atoms with Gasteiger partial charge in [0.05, 0.1) is 18.1 Å². The minimum Gasteiger partial charge on any atom is -0.494 e. The zero-order valence-corrected chi connectivity index (χ0v) is 11.3. The van der Waals surface area contributed by atoms with Crippen molar-refractivity contribution in [3.05, 3.63) is 17.9 Å². The second-order valence-corrected chi connectivity index (χ2v) is 4.45. The maximum Gasteiger partial charge on any atom is 0.201 e. The smallest absolute Gasteiger partial charge is 0.201 e. The van der Waals surface area contributed by atoms with Crippen molar-refractivity contribution in [2.75, 3.05) is 26.6 Å². The van der Waals surface area contributed by atoms with Crippen LogP contribution >= 0.6 is 0 Å². The number of halogens is 1. The Morgan fingerprint density at radius 2 is 2.16 bits per heavy atom. The molecule has 2 rings (SSSR count). The van der Waals surface area contributed by atoms with Gasteiger partial charge < -0.3 is 19.8 Å². The van der Waals surface area contributed by atoms with E-state index < -0.39 is 5.82 Å².